The van der Waals surface area contributed by atoms with E-state index in [1.165, 1.54) is 146 Å². The summed E-state index contributed by atoms with van der Waals surface area (Å²) in [5.74, 6) is 1.74. The van der Waals surface area contributed by atoms with Crippen LogP contribution < -0.4 is 10.1 Å². The van der Waals surface area contributed by atoms with Gasteiger partial charge >= 0.3 is 0 Å². The van der Waals surface area contributed by atoms with E-state index in [0.29, 0.717) is 21.7 Å². The average Bonchev–Trinajstić information content (AvgIpc) is 3.52. The number of aromatic hydroxyl groups is 1. The molecule has 2 bridgehead atoms. The van der Waals surface area contributed by atoms with Crippen molar-refractivity contribution in [3.63, 3.8) is 0 Å². The Kier molecular flexibility index (Phi) is 16.7. The maximum Gasteiger partial charge on any atom is 0.261 e. The molecule has 6 heteroatoms. The van der Waals surface area contributed by atoms with Crippen LogP contribution in [0.25, 0.3) is 0 Å². The van der Waals surface area contributed by atoms with E-state index in [1.54, 1.807) is 24.3 Å². The third-order valence-electron chi connectivity index (χ3n) is 10.4. The minimum Gasteiger partial charge on any atom is -0.508 e. The van der Waals surface area contributed by atoms with Crippen LogP contribution >= 0.6 is 11.3 Å². The topological polar surface area (TPSA) is 61.8 Å². The second kappa shape index (κ2) is 20.9. The first-order chi connectivity index (χ1) is 22.1. The van der Waals surface area contributed by atoms with Gasteiger partial charge < -0.3 is 15.2 Å². The molecule has 2 atom stereocenters. The molecule has 1 amide bonds. The molecule has 0 aliphatic carbocycles. The molecule has 3 fully saturated rings. The highest BCUT2D eigenvalue weighted by Crippen LogP contribution is 2.31. The van der Waals surface area contributed by atoms with Crippen molar-refractivity contribution < 1.29 is 14.6 Å². The first-order valence-electron chi connectivity index (χ1n) is 18.7. The van der Waals surface area contributed by atoms with Crippen LogP contribution in [-0.2, 0) is 0 Å². The molecule has 1 aromatic heterocycles. The maximum absolute atomic E-state index is 13.5. The number of hydrogen-bond donors (Lipinski definition) is 2. The number of nitrogens with one attached hydrogen (secondary N) is 1. The number of amides is 1. The highest BCUT2D eigenvalue weighted by molar-refractivity contribution is 7.15. The lowest BCUT2D eigenvalue weighted by molar-refractivity contribution is 0.0831. The van der Waals surface area contributed by atoms with E-state index in [-0.39, 0.29) is 17.7 Å². The zero-order valence-corrected chi connectivity index (χ0v) is 29.1. The van der Waals surface area contributed by atoms with Gasteiger partial charge in [-0.05, 0) is 81.6 Å². The molecule has 2 unspecified atom stereocenters. The Balaban J connectivity index is 1.29. The first-order valence-corrected chi connectivity index (χ1v) is 19.5. The Morgan fingerprint density at radius 3 is 1.71 bits per heavy atom. The van der Waals surface area contributed by atoms with Crippen molar-refractivity contribution in [2.24, 2.45) is 5.92 Å². The molecule has 3 aliphatic heterocycles. The van der Waals surface area contributed by atoms with E-state index in [9.17, 15) is 9.90 Å². The number of hydrogen-bond acceptors (Lipinski definition) is 5. The minimum absolute atomic E-state index is 0.00644. The summed E-state index contributed by atoms with van der Waals surface area (Å²) in [6.07, 6.45) is 30.0. The summed E-state index contributed by atoms with van der Waals surface area (Å²) in [6.45, 7) is 4.65. The van der Waals surface area contributed by atoms with E-state index in [4.69, 9.17) is 4.74 Å². The van der Waals surface area contributed by atoms with Crippen LogP contribution in [0.2, 0.25) is 0 Å². The van der Waals surface area contributed by atoms with Crippen molar-refractivity contribution >= 4 is 17.2 Å². The van der Waals surface area contributed by atoms with Crippen LogP contribution in [-0.4, -0.2) is 41.1 Å². The van der Waals surface area contributed by atoms with Crippen LogP contribution in [0.15, 0.2) is 36.4 Å². The van der Waals surface area contributed by atoms with Gasteiger partial charge in [0.25, 0.3) is 5.91 Å². The summed E-state index contributed by atoms with van der Waals surface area (Å²) in [5, 5.41) is 13.7. The molecule has 1 aromatic carbocycles. The Hall–Kier alpha value is -2.05. The molecule has 3 aliphatic rings. The number of phenolic OH excluding ortho intramolecular Hbond substituents is 1. The van der Waals surface area contributed by atoms with Gasteiger partial charge in [0, 0.05) is 12.1 Å². The second-order valence-corrected chi connectivity index (χ2v) is 15.0. The van der Waals surface area contributed by atoms with Crippen molar-refractivity contribution in [3.05, 3.63) is 41.3 Å². The number of rotatable bonds is 4. The number of ether oxygens (including phenoxy) is 1. The van der Waals surface area contributed by atoms with E-state index in [2.05, 4.69) is 17.1 Å². The number of thiophene rings is 1. The molecule has 2 aromatic rings. The molecule has 5 rings (SSSR count). The highest BCUT2D eigenvalue weighted by atomic mass is 32.1. The van der Waals surface area contributed by atoms with Crippen LogP contribution in [0.4, 0.5) is 0 Å². The minimum atomic E-state index is 0.00644. The van der Waals surface area contributed by atoms with Crippen LogP contribution in [0.1, 0.15) is 158 Å². The highest BCUT2D eigenvalue weighted by Gasteiger charge is 2.29. The normalized spacial score (nSPS) is 26.2. The first kappa shape index (κ1) is 35.8. The number of carbonyl (C=O) groups excluding carboxylic acids is 1. The van der Waals surface area contributed by atoms with Crippen LogP contribution in [0, 0.1) is 5.92 Å². The number of benzene rings is 1. The summed E-state index contributed by atoms with van der Waals surface area (Å²) in [7, 11) is 0. The van der Waals surface area contributed by atoms with Gasteiger partial charge in [-0.2, -0.15) is 0 Å². The second-order valence-electron chi connectivity index (χ2n) is 14.0. The van der Waals surface area contributed by atoms with Gasteiger partial charge in [0.15, 0.2) is 5.06 Å². The van der Waals surface area contributed by atoms with Gasteiger partial charge in [0.2, 0.25) is 0 Å². The van der Waals surface area contributed by atoms with Crippen LogP contribution in [0.3, 0.4) is 0 Å². The van der Waals surface area contributed by atoms with Crippen molar-refractivity contribution in [2.75, 3.05) is 13.1 Å². The summed E-state index contributed by atoms with van der Waals surface area (Å²) < 4.78 is 5.93. The summed E-state index contributed by atoms with van der Waals surface area (Å²) in [6, 6.07) is 10.9. The molecule has 4 heterocycles. The summed E-state index contributed by atoms with van der Waals surface area (Å²) >= 11 is 1.38. The van der Waals surface area contributed by atoms with E-state index in [1.807, 2.05) is 12.1 Å². The Morgan fingerprint density at radius 1 is 0.689 bits per heavy atom. The quantitative estimate of drug-likeness (QED) is 0.350. The summed E-state index contributed by atoms with van der Waals surface area (Å²) in [4.78, 5) is 16.8. The Morgan fingerprint density at radius 2 is 1.18 bits per heavy atom. The lowest BCUT2D eigenvalue weighted by Gasteiger charge is -2.40. The molecular weight excluding hydrogens is 577 g/mol. The van der Waals surface area contributed by atoms with Crippen molar-refractivity contribution in [2.45, 2.75) is 160 Å². The summed E-state index contributed by atoms with van der Waals surface area (Å²) in [5.41, 5.74) is 0. The third-order valence-corrected chi connectivity index (χ3v) is 11.3. The van der Waals surface area contributed by atoms with Crippen LogP contribution in [0.5, 0.6) is 16.6 Å². The lowest BCUT2D eigenvalue weighted by atomic mass is 9.89. The van der Waals surface area contributed by atoms with Crippen molar-refractivity contribution in [1.82, 2.24) is 10.2 Å². The zero-order valence-electron chi connectivity index (χ0n) is 28.3. The SMILES string of the molecule is CC1C(NC(=O)c2ccc(Oc3ccc(O)cc3)s2)CCCCCCCCCCCCCCCCCCCCC2CCN1CC2. The number of nitrogens with zero attached hydrogens (tertiary/aromatic N) is 1. The molecule has 0 saturated carbocycles. The molecule has 2 N–H and O–H groups in total. The van der Waals surface area contributed by atoms with Gasteiger partial charge in [-0.15, -0.1) is 0 Å². The molecule has 252 valence electrons. The number of piperidine rings is 1. The number of fused-ring (bicyclic) bond motifs is 23. The average molecular weight is 639 g/mol. The number of carbonyl (C=O) groups is 1. The fourth-order valence-electron chi connectivity index (χ4n) is 7.33. The van der Waals surface area contributed by atoms with Gasteiger partial charge in [0.1, 0.15) is 11.5 Å². The molecule has 45 heavy (non-hydrogen) atoms. The van der Waals surface area contributed by atoms with Crippen molar-refractivity contribution in [1.29, 1.82) is 0 Å². The van der Waals surface area contributed by atoms with Gasteiger partial charge in [-0.1, -0.05) is 133 Å². The molecule has 0 radical (unpaired) electrons. The monoisotopic (exact) mass is 638 g/mol. The fraction of sp³-hybridized carbons (Fsp3) is 0.718. The lowest BCUT2D eigenvalue weighted by Crippen LogP contribution is -2.52. The smallest absolute Gasteiger partial charge is 0.261 e. The molecule has 0 spiro atoms. The van der Waals surface area contributed by atoms with E-state index >= 15 is 0 Å². The Bertz CT molecular complexity index is 1060. The molecular formula is C39H62N2O3S. The molecule has 5 nitrogen and oxygen atoms in total. The van der Waals surface area contributed by atoms with Crippen molar-refractivity contribution in [3.8, 4) is 16.6 Å². The van der Waals surface area contributed by atoms with Gasteiger partial charge in [-0.25, -0.2) is 0 Å². The fourth-order valence-corrected chi connectivity index (χ4v) is 8.11. The standard InChI is InChI=1S/C39H62N2O3S/c1-32-36(40-39(43)37-26-27-38(45-37)44-35-24-22-34(42)23-25-35)21-19-17-15-13-11-9-7-5-3-2-4-6-8-10-12-14-16-18-20-33-28-30-41(32)31-29-33/h22-27,32-33,36,42H,2-21,28-31H2,1H3,(H,40,43). The third kappa shape index (κ3) is 13.7. The predicted molar refractivity (Wildman–Crippen MR) is 190 cm³/mol. The Labute approximate surface area is 278 Å². The molecule has 3 saturated heterocycles. The largest absolute Gasteiger partial charge is 0.508 e. The van der Waals surface area contributed by atoms with Gasteiger partial charge in [0.05, 0.1) is 4.88 Å². The zero-order chi connectivity index (χ0) is 31.5. The van der Waals surface area contributed by atoms with E-state index < -0.39 is 0 Å². The van der Waals surface area contributed by atoms with Gasteiger partial charge in [-0.3, -0.25) is 9.69 Å². The predicted octanol–water partition coefficient (Wildman–Crippen LogP) is 11.3. The van der Waals surface area contributed by atoms with E-state index in [0.717, 1.165) is 25.4 Å². The maximum atomic E-state index is 13.5. The number of phenols is 1.